The summed E-state index contributed by atoms with van der Waals surface area (Å²) in [5.74, 6) is 2.50. The molecule has 6 atom stereocenters. The van der Waals surface area contributed by atoms with Crippen molar-refractivity contribution in [2.75, 3.05) is 0 Å². The van der Waals surface area contributed by atoms with Gasteiger partial charge < -0.3 is 5.73 Å². The fourth-order valence-corrected chi connectivity index (χ4v) is 5.79. The molecule has 4 aliphatic rings. The van der Waals surface area contributed by atoms with E-state index in [0.717, 1.165) is 17.8 Å². The standard InChI is InChI=1S/C19H27N/c1-18-9-3-4-16(18)15-6-5-13-12-14(20)7-11-19(13,2)17(15)8-10-18/h5-7,11-12,14-17H,3-4,8-10,20H2,1-2H3/t14?,15-,16-,17-,18-,19-/m0/s1. The van der Waals surface area contributed by atoms with Gasteiger partial charge in [-0.2, -0.15) is 0 Å². The molecule has 0 radical (unpaired) electrons. The van der Waals surface area contributed by atoms with Crippen molar-refractivity contribution >= 4 is 0 Å². The Kier molecular flexibility index (Phi) is 2.64. The average Bonchev–Trinajstić information content (AvgIpc) is 2.81. The Morgan fingerprint density at radius 3 is 2.80 bits per heavy atom. The molecule has 0 amide bonds. The van der Waals surface area contributed by atoms with Crippen LogP contribution in [0, 0.1) is 28.6 Å². The smallest absolute Gasteiger partial charge is 0.0416 e. The van der Waals surface area contributed by atoms with Gasteiger partial charge in [0.05, 0.1) is 0 Å². The van der Waals surface area contributed by atoms with Gasteiger partial charge in [-0.1, -0.05) is 50.6 Å². The SMILES string of the molecule is C[C@@]12CCC[C@H]1[C@@H]1C=CC3=CC(N)C=C[C@]3(C)[C@H]1CC2. The maximum atomic E-state index is 6.08. The van der Waals surface area contributed by atoms with E-state index in [1.54, 1.807) is 0 Å². The largest absolute Gasteiger partial charge is 0.321 e. The van der Waals surface area contributed by atoms with E-state index in [2.05, 4.69) is 44.2 Å². The highest BCUT2D eigenvalue weighted by molar-refractivity contribution is 5.42. The molecule has 1 nitrogen and oxygen atoms in total. The third-order valence-corrected chi connectivity index (χ3v) is 7.04. The van der Waals surface area contributed by atoms with Crippen molar-refractivity contribution in [1.29, 1.82) is 0 Å². The molecule has 0 aromatic carbocycles. The minimum absolute atomic E-state index is 0.111. The maximum absolute atomic E-state index is 6.08. The van der Waals surface area contributed by atoms with Gasteiger partial charge in [0, 0.05) is 11.5 Å². The summed E-state index contributed by atoms with van der Waals surface area (Å²) in [5, 5.41) is 0. The topological polar surface area (TPSA) is 26.0 Å². The second-order valence-electron chi connectivity index (χ2n) is 8.08. The van der Waals surface area contributed by atoms with Gasteiger partial charge in [0.1, 0.15) is 0 Å². The molecular weight excluding hydrogens is 242 g/mol. The first-order valence-corrected chi connectivity index (χ1v) is 8.38. The summed E-state index contributed by atoms with van der Waals surface area (Å²) < 4.78 is 0. The van der Waals surface area contributed by atoms with Crippen molar-refractivity contribution in [3.05, 3.63) is 36.0 Å². The molecule has 0 heterocycles. The highest BCUT2D eigenvalue weighted by Crippen LogP contribution is 2.62. The number of nitrogens with two attached hydrogens (primary N) is 1. The summed E-state index contributed by atoms with van der Waals surface area (Å²) in [7, 11) is 0. The summed E-state index contributed by atoms with van der Waals surface area (Å²) in [4.78, 5) is 0. The molecule has 4 rings (SSSR count). The van der Waals surface area contributed by atoms with Crippen LogP contribution in [0.4, 0.5) is 0 Å². The molecule has 4 aliphatic carbocycles. The van der Waals surface area contributed by atoms with Crippen LogP contribution in [0.15, 0.2) is 36.0 Å². The first-order valence-electron chi connectivity index (χ1n) is 8.38. The second-order valence-corrected chi connectivity index (χ2v) is 8.08. The molecule has 108 valence electrons. The van der Waals surface area contributed by atoms with Crippen molar-refractivity contribution < 1.29 is 0 Å². The number of fused-ring (bicyclic) bond motifs is 5. The third kappa shape index (κ3) is 1.59. The van der Waals surface area contributed by atoms with E-state index in [1.165, 1.54) is 37.7 Å². The van der Waals surface area contributed by atoms with E-state index in [-0.39, 0.29) is 11.5 Å². The van der Waals surface area contributed by atoms with Gasteiger partial charge in [-0.3, -0.25) is 0 Å². The van der Waals surface area contributed by atoms with Crippen LogP contribution in [-0.2, 0) is 0 Å². The van der Waals surface area contributed by atoms with Crippen LogP contribution in [-0.4, -0.2) is 6.04 Å². The predicted molar refractivity (Wildman–Crippen MR) is 84.1 cm³/mol. The van der Waals surface area contributed by atoms with Crippen molar-refractivity contribution in [2.45, 2.75) is 52.0 Å². The number of allylic oxidation sites excluding steroid dienone is 4. The zero-order valence-electron chi connectivity index (χ0n) is 12.8. The van der Waals surface area contributed by atoms with Gasteiger partial charge in [-0.15, -0.1) is 0 Å². The summed E-state index contributed by atoms with van der Waals surface area (Å²) >= 11 is 0. The Bertz CT molecular complexity index is 514. The monoisotopic (exact) mass is 269 g/mol. The molecule has 20 heavy (non-hydrogen) atoms. The van der Waals surface area contributed by atoms with Gasteiger partial charge >= 0.3 is 0 Å². The van der Waals surface area contributed by atoms with Crippen molar-refractivity contribution in [3.8, 4) is 0 Å². The minimum atomic E-state index is 0.111. The number of hydrogen-bond acceptors (Lipinski definition) is 1. The molecule has 0 saturated heterocycles. The molecule has 1 heteroatoms. The van der Waals surface area contributed by atoms with Crippen molar-refractivity contribution in [1.82, 2.24) is 0 Å². The van der Waals surface area contributed by atoms with Crippen molar-refractivity contribution in [3.63, 3.8) is 0 Å². The highest BCUT2D eigenvalue weighted by atomic mass is 14.6. The van der Waals surface area contributed by atoms with E-state index in [9.17, 15) is 0 Å². The van der Waals surface area contributed by atoms with E-state index in [4.69, 9.17) is 5.73 Å². The average molecular weight is 269 g/mol. The van der Waals surface area contributed by atoms with Crippen LogP contribution in [0.25, 0.3) is 0 Å². The van der Waals surface area contributed by atoms with Gasteiger partial charge in [-0.25, -0.2) is 0 Å². The lowest BCUT2D eigenvalue weighted by Gasteiger charge is -2.54. The molecule has 0 aromatic rings. The molecule has 0 aromatic heterocycles. The summed E-state index contributed by atoms with van der Waals surface area (Å²) in [5.41, 5.74) is 8.40. The molecule has 1 unspecified atom stereocenters. The van der Waals surface area contributed by atoms with Gasteiger partial charge in [0.2, 0.25) is 0 Å². The van der Waals surface area contributed by atoms with Crippen LogP contribution in [0.3, 0.4) is 0 Å². The van der Waals surface area contributed by atoms with Crippen LogP contribution in [0.2, 0.25) is 0 Å². The second kappa shape index (κ2) is 4.10. The van der Waals surface area contributed by atoms with Crippen LogP contribution in [0.1, 0.15) is 46.0 Å². The molecule has 2 N–H and O–H groups in total. The Morgan fingerprint density at radius 1 is 1.10 bits per heavy atom. The lowest BCUT2D eigenvalue weighted by atomic mass is 9.50. The van der Waals surface area contributed by atoms with Gasteiger partial charge in [0.25, 0.3) is 0 Å². The molecule has 0 bridgehead atoms. The van der Waals surface area contributed by atoms with E-state index in [1.807, 2.05) is 0 Å². The number of rotatable bonds is 0. The lowest BCUT2D eigenvalue weighted by molar-refractivity contribution is 0.0260. The first-order chi connectivity index (χ1) is 9.53. The predicted octanol–water partition coefficient (Wildman–Crippen LogP) is 4.22. The van der Waals surface area contributed by atoms with E-state index in [0.29, 0.717) is 5.41 Å². The highest BCUT2D eigenvalue weighted by Gasteiger charge is 2.53. The van der Waals surface area contributed by atoms with Crippen molar-refractivity contribution in [2.24, 2.45) is 34.3 Å². The molecular formula is C19H27N. The zero-order chi connectivity index (χ0) is 14.0. The zero-order valence-corrected chi connectivity index (χ0v) is 12.8. The Hall–Kier alpha value is -0.820. The van der Waals surface area contributed by atoms with Crippen LogP contribution >= 0.6 is 0 Å². The van der Waals surface area contributed by atoms with E-state index >= 15 is 0 Å². The van der Waals surface area contributed by atoms with Gasteiger partial charge in [-0.05, 0) is 54.4 Å². The normalized spacial score (nSPS) is 53.0. The Morgan fingerprint density at radius 2 is 1.95 bits per heavy atom. The fraction of sp³-hybridized carbons (Fsp3) is 0.684. The molecule has 0 spiro atoms. The summed E-state index contributed by atoms with van der Waals surface area (Å²) in [6, 6.07) is 0.111. The van der Waals surface area contributed by atoms with E-state index < -0.39 is 0 Å². The minimum Gasteiger partial charge on any atom is -0.321 e. The summed E-state index contributed by atoms with van der Waals surface area (Å²) in [6.45, 7) is 5.00. The number of hydrogen-bond donors (Lipinski definition) is 1. The van der Waals surface area contributed by atoms with Crippen LogP contribution in [0.5, 0.6) is 0 Å². The Labute approximate surface area is 123 Å². The molecule has 2 fully saturated rings. The van der Waals surface area contributed by atoms with Gasteiger partial charge in [0.15, 0.2) is 0 Å². The lowest BCUT2D eigenvalue weighted by Crippen LogP contribution is -2.46. The molecule has 2 saturated carbocycles. The van der Waals surface area contributed by atoms with Crippen LogP contribution < -0.4 is 5.73 Å². The maximum Gasteiger partial charge on any atom is 0.0416 e. The molecule has 0 aliphatic heterocycles. The summed E-state index contributed by atoms with van der Waals surface area (Å²) in [6.07, 6.45) is 19.0. The fourth-order valence-electron chi connectivity index (χ4n) is 5.79. The third-order valence-electron chi connectivity index (χ3n) is 7.04. The Balaban J connectivity index is 1.76. The quantitative estimate of drug-likeness (QED) is 0.655. The first kappa shape index (κ1) is 12.9.